The third-order valence-corrected chi connectivity index (χ3v) is 5.31. The molecular weight excluding hydrogens is 416 g/mol. The molecule has 0 spiro atoms. The van der Waals surface area contributed by atoms with Crippen LogP contribution >= 0.6 is 11.6 Å². The van der Waals surface area contributed by atoms with Crippen molar-refractivity contribution >= 4 is 17.4 Å². The molecule has 0 aliphatic carbocycles. The molecule has 3 aromatic rings. The van der Waals surface area contributed by atoms with E-state index in [9.17, 15) is 4.79 Å². The van der Waals surface area contributed by atoms with Gasteiger partial charge in [0.1, 0.15) is 11.3 Å². The van der Waals surface area contributed by atoms with E-state index in [0.29, 0.717) is 29.6 Å². The van der Waals surface area contributed by atoms with Crippen molar-refractivity contribution < 1.29 is 9.57 Å². The summed E-state index contributed by atoms with van der Waals surface area (Å²) in [6.07, 6.45) is 2.18. The van der Waals surface area contributed by atoms with E-state index in [1.165, 1.54) is 27.6 Å². The number of halogens is 1. The highest BCUT2D eigenvalue weighted by atomic mass is 35.5. The van der Waals surface area contributed by atoms with Crippen LogP contribution in [-0.4, -0.2) is 28.3 Å². The number of aromatic nitrogens is 2. The SMILES string of the molecule is Cc1ccc(CC2CONC(c3c(Oc4cccc(Cl)c4)cnn(C)c3=O)=N2)c(C)c1. The molecule has 1 N–H and O–H groups in total. The molecule has 1 unspecified atom stereocenters. The Balaban J connectivity index is 1.68. The van der Waals surface area contributed by atoms with E-state index in [1.54, 1.807) is 31.3 Å². The van der Waals surface area contributed by atoms with Crippen molar-refractivity contribution in [2.75, 3.05) is 6.61 Å². The minimum Gasteiger partial charge on any atom is -0.455 e. The zero-order chi connectivity index (χ0) is 22.0. The molecule has 0 radical (unpaired) electrons. The second-order valence-corrected chi connectivity index (χ2v) is 7.99. The minimum absolute atomic E-state index is 0.144. The molecule has 1 aromatic heterocycles. The number of aryl methyl sites for hydroxylation is 3. The van der Waals surface area contributed by atoms with E-state index >= 15 is 0 Å². The highest BCUT2D eigenvalue weighted by molar-refractivity contribution is 6.30. The van der Waals surface area contributed by atoms with Crippen LogP contribution in [0.15, 0.2) is 58.4 Å². The van der Waals surface area contributed by atoms with Gasteiger partial charge < -0.3 is 4.74 Å². The van der Waals surface area contributed by atoms with Crippen molar-refractivity contribution in [3.63, 3.8) is 0 Å². The van der Waals surface area contributed by atoms with Gasteiger partial charge in [-0.3, -0.25) is 14.6 Å². The fraction of sp³-hybridized carbons (Fsp3) is 0.261. The molecular formula is C23H23ClN4O3. The predicted octanol–water partition coefficient (Wildman–Crippen LogP) is 3.74. The van der Waals surface area contributed by atoms with Gasteiger partial charge in [-0.05, 0) is 49.6 Å². The van der Waals surface area contributed by atoms with Crippen molar-refractivity contribution in [3.8, 4) is 11.5 Å². The Kier molecular flexibility index (Phi) is 6.06. The molecule has 1 aliphatic heterocycles. The number of ether oxygens (including phenoxy) is 1. The fourth-order valence-electron chi connectivity index (χ4n) is 3.48. The lowest BCUT2D eigenvalue weighted by atomic mass is 9.99. The van der Waals surface area contributed by atoms with Crippen molar-refractivity contribution in [2.24, 2.45) is 12.0 Å². The summed E-state index contributed by atoms with van der Waals surface area (Å²) in [5.74, 6) is 1.08. The summed E-state index contributed by atoms with van der Waals surface area (Å²) in [7, 11) is 1.58. The molecule has 1 aliphatic rings. The number of hydroxylamine groups is 1. The number of aliphatic imine (C=N–C) groups is 1. The molecule has 7 nitrogen and oxygen atoms in total. The molecule has 0 saturated heterocycles. The average Bonchev–Trinajstić information content (AvgIpc) is 2.73. The second kappa shape index (κ2) is 8.91. The Morgan fingerprint density at radius 3 is 2.87 bits per heavy atom. The van der Waals surface area contributed by atoms with Gasteiger partial charge in [0.2, 0.25) is 0 Å². The van der Waals surface area contributed by atoms with Crippen LogP contribution in [0.2, 0.25) is 5.02 Å². The minimum atomic E-state index is -0.346. The molecule has 8 heteroatoms. The predicted molar refractivity (Wildman–Crippen MR) is 120 cm³/mol. The zero-order valence-corrected chi connectivity index (χ0v) is 18.3. The monoisotopic (exact) mass is 438 g/mol. The molecule has 1 atom stereocenters. The number of hydrogen-bond donors (Lipinski definition) is 1. The first-order valence-electron chi connectivity index (χ1n) is 9.92. The highest BCUT2D eigenvalue weighted by Crippen LogP contribution is 2.26. The normalized spacial score (nSPS) is 15.9. The van der Waals surface area contributed by atoms with Crippen molar-refractivity contribution in [1.82, 2.24) is 15.3 Å². The third kappa shape index (κ3) is 4.78. The van der Waals surface area contributed by atoms with Gasteiger partial charge in [0.05, 0.1) is 18.8 Å². The van der Waals surface area contributed by atoms with Crippen LogP contribution in [0.4, 0.5) is 0 Å². The first-order chi connectivity index (χ1) is 14.9. The fourth-order valence-corrected chi connectivity index (χ4v) is 3.66. The molecule has 0 fully saturated rings. The van der Waals surface area contributed by atoms with Crippen molar-refractivity contribution in [1.29, 1.82) is 0 Å². The maximum Gasteiger partial charge on any atom is 0.281 e. The van der Waals surface area contributed by atoms with E-state index in [0.717, 1.165) is 0 Å². The maximum absolute atomic E-state index is 12.9. The zero-order valence-electron chi connectivity index (χ0n) is 17.6. The smallest absolute Gasteiger partial charge is 0.281 e. The van der Waals surface area contributed by atoms with Gasteiger partial charge in [0, 0.05) is 12.1 Å². The Bertz CT molecular complexity index is 1210. The van der Waals surface area contributed by atoms with Gasteiger partial charge in [-0.2, -0.15) is 5.10 Å². The van der Waals surface area contributed by atoms with Gasteiger partial charge in [-0.15, -0.1) is 0 Å². The van der Waals surface area contributed by atoms with Gasteiger partial charge in [0.25, 0.3) is 5.56 Å². The molecule has 0 bridgehead atoms. The van der Waals surface area contributed by atoms with Crippen LogP contribution in [0.25, 0.3) is 0 Å². The molecule has 2 heterocycles. The molecule has 0 saturated carbocycles. The number of nitrogens with zero attached hydrogens (tertiary/aromatic N) is 3. The number of rotatable bonds is 5. The first kappa shape index (κ1) is 21.1. The third-order valence-electron chi connectivity index (χ3n) is 5.07. The molecule has 31 heavy (non-hydrogen) atoms. The van der Waals surface area contributed by atoms with E-state index in [-0.39, 0.29) is 22.9 Å². The second-order valence-electron chi connectivity index (χ2n) is 7.55. The van der Waals surface area contributed by atoms with Crippen LogP contribution in [0.1, 0.15) is 22.3 Å². The van der Waals surface area contributed by atoms with Gasteiger partial charge in [0.15, 0.2) is 11.6 Å². The topological polar surface area (TPSA) is 77.7 Å². The van der Waals surface area contributed by atoms with E-state index in [4.69, 9.17) is 26.2 Å². The summed E-state index contributed by atoms with van der Waals surface area (Å²) in [5.41, 5.74) is 6.31. The van der Waals surface area contributed by atoms with Crippen molar-refractivity contribution in [2.45, 2.75) is 26.3 Å². The average molecular weight is 439 g/mol. The Morgan fingerprint density at radius 1 is 1.26 bits per heavy atom. The van der Waals surface area contributed by atoms with E-state index < -0.39 is 0 Å². The summed E-state index contributed by atoms with van der Waals surface area (Å²) in [6.45, 7) is 4.55. The highest BCUT2D eigenvalue weighted by Gasteiger charge is 2.24. The maximum atomic E-state index is 12.9. The van der Waals surface area contributed by atoms with E-state index in [1.807, 2.05) is 0 Å². The summed E-state index contributed by atoms with van der Waals surface area (Å²) in [5, 5.41) is 4.61. The number of nitrogens with one attached hydrogen (secondary N) is 1. The lowest BCUT2D eigenvalue weighted by Gasteiger charge is -2.23. The van der Waals surface area contributed by atoms with E-state index in [2.05, 4.69) is 42.6 Å². The van der Waals surface area contributed by atoms with Crippen LogP contribution in [0.5, 0.6) is 11.5 Å². The summed E-state index contributed by atoms with van der Waals surface area (Å²) in [6, 6.07) is 13.1. The number of hydrogen-bond acceptors (Lipinski definition) is 6. The molecule has 160 valence electrons. The summed E-state index contributed by atoms with van der Waals surface area (Å²) in [4.78, 5) is 23.3. The Labute approximate surface area is 185 Å². The molecule has 2 aromatic carbocycles. The Hall–Kier alpha value is -3.16. The Morgan fingerprint density at radius 2 is 2.10 bits per heavy atom. The van der Waals surface area contributed by atoms with Gasteiger partial charge in [-0.1, -0.05) is 41.4 Å². The molecule has 0 amide bonds. The number of benzene rings is 2. The van der Waals surface area contributed by atoms with Gasteiger partial charge >= 0.3 is 0 Å². The first-order valence-corrected chi connectivity index (χ1v) is 10.3. The standard InChI is InChI=1S/C23H23ClN4O3/c1-14-7-8-16(15(2)9-14)10-18-13-30-27-22(26-18)21-20(12-25-28(3)23(21)29)31-19-6-4-5-17(24)11-19/h4-9,11-12,18H,10,13H2,1-3H3,(H,26,27). The largest absolute Gasteiger partial charge is 0.455 e. The molecule has 4 rings (SSSR count). The van der Waals surface area contributed by atoms with Crippen molar-refractivity contribution in [3.05, 3.63) is 86.3 Å². The van der Waals surface area contributed by atoms with Crippen LogP contribution in [-0.2, 0) is 18.3 Å². The summed E-state index contributed by atoms with van der Waals surface area (Å²) < 4.78 is 7.16. The lowest BCUT2D eigenvalue weighted by Crippen LogP contribution is -2.40. The number of amidine groups is 1. The van der Waals surface area contributed by atoms with Crippen LogP contribution in [0.3, 0.4) is 0 Å². The van der Waals surface area contributed by atoms with Gasteiger partial charge in [-0.25, -0.2) is 10.2 Å². The van der Waals surface area contributed by atoms with Crippen LogP contribution in [0, 0.1) is 13.8 Å². The summed E-state index contributed by atoms with van der Waals surface area (Å²) >= 11 is 6.06. The van der Waals surface area contributed by atoms with Crippen LogP contribution < -0.4 is 15.8 Å². The lowest BCUT2D eigenvalue weighted by molar-refractivity contribution is 0.0622. The quantitative estimate of drug-likeness (QED) is 0.656.